The van der Waals surface area contributed by atoms with E-state index >= 15 is 0 Å². The van der Waals surface area contributed by atoms with Gasteiger partial charge in [0.1, 0.15) is 0 Å². The second-order valence-electron chi connectivity index (χ2n) is 31.8. The number of aromatic nitrogens is 4. The molecule has 4 saturated heterocycles. The maximum Gasteiger partial charge on any atom is 0.494 e. The lowest BCUT2D eigenvalue weighted by Crippen LogP contribution is -2.41. The summed E-state index contributed by atoms with van der Waals surface area (Å²) in [7, 11) is -1.84. The Morgan fingerprint density at radius 2 is 0.461 bits per heavy atom. The second kappa shape index (κ2) is 24.5. The van der Waals surface area contributed by atoms with Gasteiger partial charge in [0, 0.05) is 74.8 Å². The molecule has 0 unspecified atom stereocenters. The van der Waals surface area contributed by atoms with E-state index in [2.05, 4.69) is 324 Å². The van der Waals surface area contributed by atoms with Crippen molar-refractivity contribution in [1.29, 1.82) is 0 Å². The van der Waals surface area contributed by atoms with Gasteiger partial charge >= 0.3 is 28.3 Å². The molecule has 10 aromatic carbocycles. The average Bonchev–Trinajstić information content (AvgIpc) is 1.56. The normalized spacial score (nSPS) is 19.1. The Kier molecular flexibility index (Phi) is 16.5. The highest BCUT2D eigenvalue weighted by Crippen LogP contribution is 2.46. The first-order valence-electron chi connectivity index (χ1n) is 35.4. The van der Waals surface area contributed by atoms with Gasteiger partial charge in [-0.25, -0.2) is 0 Å². The molecule has 0 N–H and O–H groups in total. The van der Waals surface area contributed by atoms with Crippen LogP contribution in [0.3, 0.4) is 0 Å². The minimum atomic E-state index is -0.476. The van der Waals surface area contributed by atoms with Crippen LogP contribution in [0.15, 0.2) is 227 Å². The molecule has 4 fully saturated rings. The smallest absolute Gasteiger partial charge is 0.405 e. The van der Waals surface area contributed by atoms with E-state index in [0.717, 1.165) is 64.7 Å². The van der Waals surface area contributed by atoms with Crippen LogP contribution in [0.25, 0.3) is 110 Å². The van der Waals surface area contributed by atoms with E-state index in [0.29, 0.717) is 0 Å². The Morgan fingerprint density at radius 3 is 0.725 bits per heavy atom. The van der Waals surface area contributed by atoms with Crippen molar-refractivity contribution in [2.75, 3.05) is 0 Å². The molecule has 0 bridgehead atoms. The predicted octanol–water partition coefficient (Wildman–Crippen LogP) is 20.1. The van der Waals surface area contributed by atoms with Gasteiger partial charge in [0.15, 0.2) is 0 Å². The van der Waals surface area contributed by atoms with Crippen molar-refractivity contribution < 1.29 is 37.2 Å². The molecule has 514 valence electrons. The minimum Gasteiger partial charge on any atom is -0.405 e. The number of nitrogens with zero attached hydrogens (tertiary/aromatic N) is 4. The number of hydrogen-bond donors (Lipinski definition) is 0. The van der Waals surface area contributed by atoms with Gasteiger partial charge in [-0.3, -0.25) is 0 Å². The van der Waals surface area contributed by atoms with Crippen LogP contribution in [0.5, 0.6) is 0 Å². The summed E-state index contributed by atoms with van der Waals surface area (Å²) in [6.07, 6.45) is 0. The van der Waals surface area contributed by atoms with Gasteiger partial charge in [-0.15, -0.1) is 0 Å². The van der Waals surface area contributed by atoms with E-state index in [-0.39, 0.29) is 22.4 Å². The van der Waals surface area contributed by atoms with Gasteiger partial charge in [0.25, 0.3) is 0 Å². The summed E-state index contributed by atoms with van der Waals surface area (Å²) in [6.45, 7) is 33.0. The molecule has 102 heavy (non-hydrogen) atoms. The molecule has 8 heterocycles. The van der Waals surface area contributed by atoms with E-state index < -0.39 is 50.7 Å². The summed E-state index contributed by atoms with van der Waals surface area (Å²) < 4.78 is 61.4. The molecule has 18 heteroatoms. The average molecular weight is 1480 g/mol. The van der Waals surface area contributed by atoms with Gasteiger partial charge in [0.05, 0.1) is 88.9 Å². The summed E-state index contributed by atoms with van der Waals surface area (Å²) in [5, 5.41) is 9.90. The molecule has 12 nitrogen and oxygen atoms in total. The van der Waals surface area contributed by atoms with Crippen molar-refractivity contribution in [3.8, 4) is 22.7 Å². The molecule has 4 aliphatic rings. The van der Waals surface area contributed by atoms with E-state index in [4.69, 9.17) is 37.2 Å². The highest BCUT2D eigenvalue weighted by Gasteiger charge is 2.64. The summed E-state index contributed by atoms with van der Waals surface area (Å²) in [4.78, 5) is 0. The summed E-state index contributed by atoms with van der Waals surface area (Å²) >= 11 is 7.33. The van der Waals surface area contributed by atoms with Crippen LogP contribution in [0.4, 0.5) is 0 Å². The molecule has 0 spiro atoms. The van der Waals surface area contributed by atoms with Crippen LogP contribution >= 0.6 is 31.9 Å². The molecule has 4 aliphatic heterocycles. The first-order valence-corrected chi connectivity index (χ1v) is 37.0. The zero-order chi connectivity index (χ0) is 71.6. The maximum absolute atomic E-state index is 6.47. The summed E-state index contributed by atoms with van der Waals surface area (Å²) in [5.74, 6) is 0. The number of para-hydroxylation sites is 4. The fourth-order valence-electron chi connectivity index (χ4n) is 14.8. The number of rotatable bonds is 7. The van der Waals surface area contributed by atoms with Crippen LogP contribution < -0.4 is 10.9 Å². The monoisotopic (exact) mass is 1480 g/mol. The Bertz CT molecular complexity index is 5290. The van der Waals surface area contributed by atoms with Crippen molar-refractivity contribution in [1.82, 2.24) is 18.3 Å². The third-order valence-electron chi connectivity index (χ3n) is 23.1. The number of benzene rings is 10. The van der Waals surface area contributed by atoms with Crippen molar-refractivity contribution >= 4 is 158 Å². The molecule has 4 aromatic heterocycles. The highest BCUT2D eigenvalue weighted by molar-refractivity contribution is 9.10. The number of halogens is 2. The van der Waals surface area contributed by atoms with E-state index in [1.54, 1.807) is 0 Å². The Labute approximate surface area is 615 Å². The van der Waals surface area contributed by atoms with Crippen molar-refractivity contribution in [3.05, 3.63) is 227 Å². The van der Waals surface area contributed by atoms with Gasteiger partial charge in [0.2, 0.25) is 0 Å². The SMILES string of the molecule is Brc1cccc(-n2c3ccccc3c3cc4c5ccccc5n(-c5cccc(Br)c5)c4cc32)c1.CC1(C)OB(B2OC(C)(C)C(C)(C)O2)OC1(C)C.CC1(C)OB(c2cccc(-n3c4ccccc4c4cc5c6ccccc6n(-c6cccc(B7OC(C)(C)C(C)(C)O7)c6)c5cc43)c2)OC1(C)C. The van der Waals surface area contributed by atoms with Crippen molar-refractivity contribution in [2.24, 2.45) is 0 Å². The first-order chi connectivity index (χ1) is 48.3. The highest BCUT2D eigenvalue weighted by atomic mass is 79.9. The third kappa shape index (κ3) is 11.4. The summed E-state index contributed by atoms with van der Waals surface area (Å²) in [6, 6.07) is 78.4. The van der Waals surface area contributed by atoms with Gasteiger partial charge in [-0.05, 0) is 231 Å². The van der Waals surface area contributed by atoms with Crippen LogP contribution in [-0.4, -0.2) is 91.3 Å². The van der Waals surface area contributed by atoms with Crippen molar-refractivity contribution in [3.63, 3.8) is 0 Å². The lowest BCUT2D eigenvalue weighted by Gasteiger charge is -2.32. The standard InChI is InChI=1S/C42H42B2N2O4.C30H18Br2N2.C12H24B2O4/c1-39(2)40(3,4)48-43(47-39)27-15-13-17-29(23-27)45-35-21-11-9-19-31(35)33-25-34-32-20-10-12-22-36(32)46(38(34)26-37(33)45)30-18-14-16-28(24-30)44-49-41(5,6)42(7,8)50-44;31-19-7-5-9-21(15-19)33-27-13-3-1-11-23(27)25-17-26-24-12-2-4-14-28(24)34(30(26)18-29(25)33)22-10-6-8-20(32)16-22;1-9(2)10(3,4)16-13(15-9)14-17-11(5,6)12(7,8)18-14/h9-26H,1-8H3;1-18H;1-8H3. The van der Waals surface area contributed by atoms with E-state index in [1.807, 2.05) is 55.4 Å². The van der Waals surface area contributed by atoms with E-state index in [9.17, 15) is 0 Å². The van der Waals surface area contributed by atoms with Gasteiger partial charge < -0.3 is 55.5 Å². The lowest BCUT2D eigenvalue weighted by atomic mass is 9.49. The predicted molar refractivity (Wildman–Crippen MR) is 429 cm³/mol. The van der Waals surface area contributed by atoms with Gasteiger partial charge in [-0.2, -0.15) is 0 Å². The second-order valence-corrected chi connectivity index (χ2v) is 33.6. The molecule has 0 atom stereocenters. The molecule has 14 aromatic rings. The van der Waals surface area contributed by atoms with E-state index in [1.165, 1.54) is 65.2 Å². The maximum atomic E-state index is 6.47. The van der Waals surface area contributed by atoms with Crippen LogP contribution in [0, 0.1) is 0 Å². The van der Waals surface area contributed by atoms with Crippen LogP contribution in [-0.2, 0) is 37.2 Å². The zero-order valence-corrected chi connectivity index (χ0v) is 64.1. The topological polar surface area (TPSA) is 93.6 Å². The fraction of sp³-hybridized carbons (Fsp3) is 0.286. The number of fused-ring (bicyclic) bond motifs is 12. The summed E-state index contributed by atoms with van der Waals surface area (Å²) in [5.41, 5.74) is 12.7. The number of hydrogen-bond acceptors (Lipinski definition) is 8. The molecule has 18 rings (SSSR count). The molecular formula is C84H84B4Br2N4O8. The van der Waals surface area contributed by atoms with Gasteiger partial charge in [-0.1, -0.05) is 141 Å². The molecular weight excluding hydrogens is 1400 g/mol. The van der Waals surface area contributed by atoms with Crippen LogP contribution in [0.2, 0.25) is 0 Å². The fourth-order valence-corrected chi connectivity index (χ4v) is 15.6. The lowest BCUT2D eigenvalue weighted by molar-refractivity contribution is 0.00578. The zero-order valence-electron chi connectivity index (χ0n) is 60.9. The molecule has 0 aliphatic carbocycles. The Balaban J connectivity index is 0.000000133. The molecule has 0 radical (unpaired) electrons. The first kappa shape index (κ1) is 68.7. The molecule has 0 amide bonds. The minimum absolute atomic E-state index is 0.360. The Hall–Kier alpha value is -7.70. The quantitative estimate of drug-likeness (QED) is 0.146. The Morgan fingerprint density at radius 1 is 0.225 bits per heavy atom. The largest absolute Gasteiger partial charge is 0.494 e. The third-order valence-corrected chi connectivity index (χ3v) is 24.1. The van der Waals surface area contributed by atoms with Crippen LogP contribution in [0.1, 0.15) is 111 Å². The molecule has 0 saturated carbocycles. The van der Waals surface area contributed by atoms with Crippen molar-refractivity contribution in [2.45, 2.75) is 156 Å².